The highest BCUT2D eigenvalue weighted by Gasteiger charge is 2.43. The lowest BCUT2D eigenvalue weighted by molar-refractivity contribution is 0.0155. The van der Waals surface area contributed by atoms with Crippen LogP contribution in [0.15, 0.2) is 12.7 Å². The number of hydrogen-bond donors (Lipinski definition) is 1. The van der Waals surface area contributed by atoms with Gasteiger partial charge in [0.05, 0.1) is 12.7 Å². The molecule has 0 spiro atoms. The predicted molar refractivity (Wildman–Crippen MR) is 67.8 cm³/mol. The van der Waals surface area contributed by atoms with Gasteiger partial charge in [-0.2, -0.15) is 8.42 Å². The first-order valence-corrected chi connectivity index (χ1v) is 8.20. The summed E-state index contributed by atoms with van der Waals surface area (Å²) in [7, 11) is -9.81. The fourth-order valence-corrected chi connectivity index (χ4v) is 3.86. The molecule has 1 saturated heterocycles. The molecule has 1 fully saturated rings. The summed E-state index contributed by atoms with van der Waals surface area (Å²) < 4.78 is 91.4. The second kappa shape index (κ2) is 5.68. The first-order valence-electron chi connectivity index (χ1n) is 7.22. The molecule has 1 aliphatic heterocycles. The number of sulfone groups is 1. The Morgan fingerprint density at radius 3 is 2.78 bits per heavy atom. The van der Waals surface area contributed by atoms with Gasteiger partial charge in [-0.3, -0.25) is 4.55 Å². The van der Waals surface area contributed by atoms with Crippen molar-refractivity contribution in [1.29, 1.82) is 0 Å². The SMILES string of the molecule is [2H]C([2H])([2H])S(=O)(=O)[C@]([2H])(CC=C)[C@@H]1OCCC[C@@H]1S(=O)(=O)O. The maximum Gasteiger partial charge on any atom is 0.270 e. The molecule has 6 nitrogen and oxygen atoms in total. The van der Waals surface area contributed by atoms with Crippen molar-refractivity contribution in [2.45, 2.75) is 35.8 Å². The van der Waals surface area contributed by atoms with Crippen LogP contribution < -0.4 is 0 Å². The number of hydrogen-bond acceptors (Lipinski definition) is 5. The van der Waals surface area contributed by atoms with Gasteiger partial charge >= 0.3 is 0 Å². The predicted octanol–water partition coefficient (Wildman–Crippen LogP) is 0.411. The van der Waals surface area contributed by atoms with E-state index >= 15 is 0 Å². The molecule has 0 radical (unpaired) electrons. The van der Waals surface area contributed by atoms with Gasteiger partial charge in [0.25, 0.3) is 10.1 Å². The molecule has 0 aromatic carbocycles. The third kappa shape index (κ3) is 3.78. The van der Waals surface area contributed by atoms with Crippen LogP contribution in [0, 0.1) is 0 Å². The van der Waals surface area contributed by atoms with E-state index in [9.17, 15) is 21.4 Å². The van der Waals surface area contributed by atoms with Gasteiger partial charge in [-0.05, 0) is 19.3 Å². The van der Waals surface area contributed by atoms with E-state index < -0.39 is 49.1 Å². The van der Waals surface area contributed by atoms with Crippen LogP contribution in [0.1, 0.15) is 24.7 Å². The number of ether oxygens (including phenoxy) is 1. The van der Waals surface area contributed by atoms with Gasteiger partial charge in [0.1, 0.15) is 5.25 Å². The van der Waals surface area contributed by atoms with Crippen LogP contribution >= 0.6 is 0 Å². The van der Waals surface area contributed by atoms with Crippen molar-refractivity contribution in [1.82, 2.24) is 0 Å². The minimum absolute atomic E-state index is 0.0367. The summed E-state index contributed by atoms with van der Waals surface area (Å²) in [6.45, 7) is 3.25. The third-order valence-corrected chi connectivity index (χ3v) is 5.00. The van der Waals surface area contributed by atoms with Crippen LogP contribution in [-0.4, -0.2) is 50.8 Å². The second-order valence-corrected chi connectivity index (χ2v) is 7.12. The Kier molecular flexibility index (Phi) is 3.27. The van der Waals surface area contributed by atoms with E-state index in [0.29, 0.717) is 0 Å². The first-order chi connectivity index (χ1) is 9.79. The molecule has 106 valence electrons. The second-order valence-electron chi connectivity index (χ2n) is 3.95. The minimum atomic E-state index is -5.10. The van der Waals surface area contributed by atoms with Crippen LogP contribution in [0.5, 0.6) is 0 Å². The van der Waals surface area contributed by atoms with Crippen molar-refractivity contribution < 1.29 is 31.6 Å². The Labute approximate surface area is 113 Å². The van der Waals surface area contributed by atoms with Gasteiger partial charge in [-0.1, -0.05) is 6.08 Å². The molecule has 3 atom stereocenters. The van der Waals surface area contributed by atoms with Crippen molar-refractivity contribution in [2.75, 3.05) is 12.8 Å². The Balaban J connectivity index is 3.49. The fraction of sp³-hybridized carbons (Fsp3) is 0.800. The van der Waals surface area contributed by atoms with E-state index in [2.05, 4.69) is 6.58 Å². The quantitative estimate of drug-likeness (QED) is 0.583. The zero-order chi connectivity index (χ0) is 17.4. The number of rotatable bonds is 5. The van der Waals surface area contributed by atoms with Crippen molar-refractivity contribution in [3.8, 4) is 0 Å². The van der Waals surface area contributed by atoms with E-state index in [1.165, 1.54) is 0 Å². The summed E-state index contributed by atoms with van der Waals surface area (Å²) in [6, 6.07) is 0. The summed E-state index contributed by atoms with van der Waals surface area (Å²) in [4.78, 5) is 0. The molecule has 0 aromatic rings. The van der Waals surface area contributed by atoms with E-state index in [4.69, 9.17) is 10.2 Å². The van der Waals surface area contributed by atoms with E-state index in [1.54, 1.807) is 0 Å². The molecule has 1 aliphatic rings. The molecular formula is C10H18O6S2. The summed E-state index contributed by atoms with van der Waals surface area (Å²) >= 11 is 0. The summed E-state index contributed by atoms with van der Waals surface area (Å²) in [5, 5.41) is -4.48. The molecule has 1 heterocycles. The lowest BCUT2D eigenvalue weighted by atomic mass is 10.0. The molecule has 8 heteroatoms. The van der Waals surface area contributed by atoms with Gasteiger partial charge < -0.3 is 4.74 Å². The largest absolute Gasteiger partial charge is 0.375 e. The van der Waals surface area contributed by atoms with Gasteiger partial charge in [0.15, 0.2) is 9.84 Å². The van der Waals surface area contributed by atoms with Crippen LogP contribution in [0.4, 0.5) is 0 Å². The highest BCUT2D eigenvalue weighted by Crippen LogP contribution is 2.27. The maximum atomic E-state index is 12.3. The maximum absolute atomic E-state index is 12.3. The van der Waals surface area contributed by atoms with Gasteiger partial charge in [-0.25, -0.2) is 8.42 Å². The lowest BCUT2D eigenvalue weighted by Crippen LogP contribution is -2.49. The van der Waals surface area contributed by atoms with Crippen molar-refractivity contribution in [2.24, 2.45) is 0 Å². The smallest absolute Gasteiger partial charge is 0.270 e. The zero-order valence-corrected chi connectivity index (χ0v) is 11.2. The highest BCUT2D eigenvalue weighted by molar-refractivity contribution is 7.91. The van der Waals surface area contributed by atoms with Crippen LogP contribution in [0.3, 0.4) is 0 Å². The highest BCUT2D eigenvalue weighted by atomic mass is 32.2. The van der Waals surface area contributed by atoms with E-state index in [1.807, 2.05) is 0 Å². The Hall–Kier alpha value is -0.440. The standard InChI is InChI=1S/C10H18O6S2/c1-3-5-8(17(2,11)12)10-9(18(13,14)15)6-4-7-16-10/h3,8-10H,1,4-7H2,2H3,(H,13,14,15)/t8-,9+,10+/m1/s1/i2D3,8D. The molecule has 1 rings (SSSR count). The Morgan fingerprint density at radius 1 is 1.61 bits per heavy atom. The molecule has 0 aromatic heterocycles. The minimum Gasteiger partial charge on any atom is -0.375 e. The van der Waals surface area contributed by atoms with Gasteiger partial charge in [-0.15, -0.1) is 6.58 Å². The third-order valence-electron chi connectivity index (χ3n) is 2.66. The lowest BCUT2D eigenvalue weighted by Gasteiger charge is -2.34. The average molecular weight is 302 g/mol. The molecule has 0 amide bonds. The van der Waals surface area contributed by atoms with Crippen LogP contribution in [0.25, 0.3) is 0 Å². The average Bonchev–Trinajstić information content (AvgIpc) is 2.36. The van der Waals surface area contributed by atoms with E-state index in [-0.39, 0.29) is 19.4 Å². The van der Waals surface area contributed by atoms with Crippen molar-refractivity contribution >= 4 is 20.0 Å². The summed E-state index contributed by atoms with van der Waals surface area (Å²) in [6.07, 6.45) is -4.88. The van der Waals surface area contributed by atoms with Gasteiger partial charge in [0.2, 0.25) is 0 Å². The molecule has 0 aliphatic carbocycles. The van der Waals surface area contributed by atoms with Crippen LogP contribution in [-0.2, 0) is 24.7 Å². The van der Waals surface area contributed by atoms with Gasteiger partial charge in [0, 0.05) is 16.9 Å². The topological polar surface area (TPSA) is 97.7 Å². The van der Waals surface area contributed by atoms with Crippen LogP contribution in [0.2, 0.25) is 0 Å². The van der Waals surface area contributed by atoms with Crippen molar-refractivity contribution in [3.05, 3.63) is 12.7 Å². The Morgan fingerprint density at radius 2 is 2.28 bits per heavy atom. The summed E-state index contributed by atoms with van der Waals surface area (Å²) in [5.41, 5.74) is 0. The zero-order valence-electron chi connectivity index (χ0n) is 13.6. The number of allylic oxidation sites excluding steroid dienone is 1. The molecule has 0 bridgehead atoms. The van der Waals surface area contributed by atoms with E-state index in [0.717, 1.165) is 6.08 Å². The van der Waals surface area contributed by atoms with Crippen molar-refractivity contribution in [3.63, 3.8) is 0 Å². The Bertz CT molecular complexity index is 626. The normalized spacial score (nSPS) is 33.4. The molecule has 0 unspecified atom stereocenters. The molecule has 18 heavy (non-hydrogen) atoms. The fourth-order valence-electron chi connectivity index (χ4n) is 1.88. The molecule has 0 saturated carbocycles. The monoisotopic (exact) mass is 302 g/mol. The first kappa shape index (κ1) is 10.4. The molecule has 1 N–H and O–H groups in total. The molecular weight excluding hydrogens is 280 g/mol. The summed E-state index contributed by atoms with van der Waals surface area (Å²) in [5.74, 6) is 0.